The van der Waals surface area contributed by atoms with Gasteiger partial charge in [-0.3, -0.25) is 19.4 Å². The first-order chi connectivity index (χ1) is 14.2. The predicted molar refractivity (Wildman–Crippen MR) is 110 cm³/mol. The average Bonchev–Trinajstić information content (AvgIpc) is 3.31. The van der Waals surface area contributed by atoms with Crippen LogP contribution in [0.5, 0.6) is 0 Å². The third-order valence-electron chi connectivity index (χ3n) is 6.26. The summed E-state index contributed by atoms with van der Waals surface area (Å²) in [4.78, 5) is 34.4. The predicted octanol–water partition coefficient (Wildman–Crippen LogP) is 0.827. The molecule has 0 spiro atoms. The first kappa shape index (κ1) is 20.3. The monoisotopic (exact) mass is 400 g/mol. The lowest BCUT2D eigenvalue weighted by atomic mass is 10.0. The molecule has 158 valence electrons. The van der Waals surface area contributed by atoms with E-state index in [1.807, 2.05) is 28.0 Å². The van der Waals surface area contributed by atoms with Crippen molar-refractivity contribution in [3.05, 3.63) is 35.9 Å². The van der Waals surface area contributed by atoms with Crippen molar-refractivity contribution in [1.82, 2.24) is 19.6 Å². The minimum Gasteiger partial charge on any atom is -0.379 e. The van der Waals surface area contributed by atoms with E-state index in [-0.39, 0.29) is 17.9 Å². The Morgan fingerprint density at radius 2 is 1.48 bits per heavy atom. The topological polar surface area (TPSA) is 56.3 Å². The van der Waals surface area contributed by atoms with Crippen LogP contribution in [0.4, 0.5) is 0 Å². The molecule has 1 aromatic rings. The lowest BCUT2D eigenvalue weighted by molar-refractivity contribution is -0.139. The van der Waals surface area contributed by atoms with Gasteiger partial charge in [0.2, 0.25) is 11.8 Å². The highest BCUT2D eigenvalue weighted by atomic mass is 16.5. The summed E-state index contributed by atoms with van der Waals surface area (Å²) in [5.41, 5.74) is 1.05. The zero-order chi connectivity index (χ0) is 20.1. The molecule has 2 amide bonds. The second kappa shape index (κ2) is 9.69. The van der Waals surface area contributed by atoms with Crippen LogP contribution in [-0.2, 0) is 14.3 Å². The zero-order valence-electron chi connectivity index (χ0n) is 17.2. The fourth-order valence-electron chi connectivity index (χ4n) is 4.54. The van der Waals surface area contributed by atoms with Gasteiger partial charge in [0, 0.05) is 52.4 Å². The van der Waals surface area contributed by atoms with Crippen LogP contribution in [0, 0.1) is 0 Å². The van der Waals surface area contributed by atoms with E-state index in [9.17, 15) is 9.59 Å². The van der Waals surface area contributed by atoms with Gasteiger partial charge in [-0.2, -0.15) is 0 Å². The number of rotatable bonds is 5. The van der Waals surface area contributed by atoms with Crippen molar-refractivity contribution < 1.29 is 14.3 Å². The molecular weight excluding hydrogens is 368 g/mol. The van der Waals surface area contributed by atoms with Crippen molar-refractivity contribution in [2.75, 3.05) is 72.1 Å². The third kappa shape index (κ3) is 4.97. The Kier molecular flexibility index (Phi) is 6.79. The summed E-state index contributed by atoms with van der Waals surface area (Å²) in [6, 6.07) is 9.85. The lowest BCUT2D eigenvalue weighted by Crippen LogP contribution is -2.54. The number of benzene rings is 1. The standard InChI is InChI=1S/C22H32N4O3/c27-20(18-23-14-16-29-17-15-23)24-10-12-25(13-11-24)21(19-6-2-1-3-7-19)22(28)26-8-4-5-9-26/h1-3,6-7,21H,4-5,8-18H2. The molecule has 1 atom stereocenters. The van der Waals surface area contributed by atoms with Crippen LogP contribution in [0.2, 0.25) is 0 Å². The number of piperazine rings is 1. The molecule has 3 aliphatic rings. The van der Waals surface area contributed by atoms with Crippen molar-refractivity contribution in [3.63, 3.8) is 0 Å². The molecule has 29 heavy (non-hydrogen) atoms. The zero-order valence-corrected chi connectivity index (χ0v) is 17.2. The van der Waals surface area contributed by atoms with Crippen molar-refractivity contribution in [2.24, 2.45) is 0 Å². The van der Waals surface area contributed by atoms with E-state index in [1.165, 1.54) is 0 Å². The molecule has 0 N–H and O–H groups in total. The maximum atomic E-state index is 13.3. The Balaban J connectivity index is 1.38. The van der Waals surface area contributed by atoms with Gasteiger partial charge in [0.15, 0.2) is 0 Å². The van der Waals surface area contributed by atoms with Gasteiger partial charge in [-0.25, -0.2) is 0 Å². The summed E-state index contributed by atoms with van der Waals surface area (Å²) in [6.45, 7) is 8.08. The smallest absolute Gasteiger partial charge is 0.244 e. The van der Waals surface area contributed by atoms with Gasteiger partial charge in [0.1, 0.15) is 6.04 Å². The number of hydrogen-bond donors (Lipinski definition) is 0. The van der Waals surface area contributed by atoms with Crippen molar-refractivity contribution in [3.8, 4) is 0 Å². The molecule has 0 bridgehead atoms. The molecule has 7 nitrogen and oxygen atoms in total. The van der Waals surface area contributed by atoms with Crippen LogP contribution in [0.1, 0.15) is 24.4 Å². The fourth-order valence-corrected chi connectivity index (χ4v) is 4.54. The molecule has 3 fully saturated rings. The number of nitrogens with zero attached hydrogens (tertiary/aromatic N) is 4. The number of ether oxygens (including phenoxy) is 1. The van der Waals surface area contributed by atoms with Crippen molar-refractivity contribution in [1.29, 1.82) is 0 Å². The highest BCUT2D eigenvalue weighted by molar-refractivity contribution is 5.83. The van der Waals surface area contributed by atoms with Crippen LogP contribution >= 0.6 is 0 Å². The Morgan fingerprint density at radius 1 is 0.828 bits per heavy atom. The van der Waals surface area contributed by atoms with E-state index in [1.54, 1.807) is 0 Å². The molecule has 3 aliphatic heterocycles. The normalized spacial score (nSPS) is 22.6. The summed E-state index contributed by atoms with van der Waals surface area (Å²) < 4.78 is 5.36. The first-order valence-corrected chi connectivity index (χ1v) is 10.9. The molecule has 3 saturated heterocycles. The van der Waals surface area contributed by atoms with Gasteiger partial charge in [-0.05, 0) is 18.4 Å². The van der Waals surface area contributed by atoms with E-state index >= 15 is 0 Å². The number of morpholine rings is 1. The van der Waals surface area contributed by atoms with Crippen molar-refractivity contribution >= 4 is 11.8 Å². The molecule has 1 unspecified atom stereocenters. The van der Waals surface area contributed by atoms with E-state index in [0.717, 1.165) is 57.7 Å². The van der Waals surface area contributed by atoms with Gasteiger partial charge >= 0.3 is 0 Å². The van der Waals surface area contributed by atoms with E-state index < -0.39 is 0 Å². The number of likely N-dealkylation sites (tertiary alicyclic amines) is 1. The molecule has 0 radical (unpaired) electrons. The van der Waals surface area contributed by atoms with Crippen LogP contribution in [-0.4, -0.2) is 104 Å². The minimum atomic E-state index is -0.245. The maximum absolute atomic E-state index is 13.3. The average molecular weight is 401 g/mol. The summed E-state index contributed by atoms with van der Waals surface area (Å²) >= 11 is 0. The van der Waals surface area contributed by atoms with Gasteiger partial charge < -0.3 is 14.5 Å². The summed E-state index contributed by atoms with van der Waals surface area (Å²) in [5, 5.41) is 0. The van der Waals surface area contributed by atoms with Crippen LogP contribution in [0.15, 0.2) is 30.3 Å². The Morgan fingerprint density at radius 3 is 2.14 bits per heavy atom. The number of amides is 2. The van der Waals surface area contributed by atoms with E-state index in [4.69, 9.17) is 4.74 Å². The Bertz CT molecular complexity index is 679. The maximum Gasteiger partial charge on any atom is 0.244 e. The van der Waals surface area contributed by atoms with Gasteiger partial charge in [0.25, 0.3) is 0 Å². The summed E-state index contributed by atoms with van der Waals surface area (Å²) in [6.07, 6.45) is 2.19. The summed E-state index contributed by atoms with van der Waals surface area (Å²) in [5.74, 6) is 0.399. The molecule has 0 aliphatic carbocycles. The Labute approximate surface area is 173 Å². The highest BCUT2D eigenvalue weighted by Gasteiger charge is 2.35. The number of hydrogen-bond acceptors (Lipinski definition) is 5. The third-order valence-corrected chi connectivity index (χ3v) is 6.26. The lowest BCUT2D eigenvalue weighted by Gasteiger charge is -2.40. The molecule has 0 saturated carbocycles. The fraction of sp³-hybridized carbons (Fsp3) is 0.636. The van der Waals surface area contributed by atoms with Crippen molar-refractivity contribution in [2.45, 2.75) is 18.9 Å². The van der Waals surface area contributed by atoms with Gasteiger partial charge in [-0.1, -0.05) is 30.3 Å². The molecule has 1 aromatic carbocycles. The van der Waals surface area contributed by atoms with Crippen LogP contribution < -0.4 is 0 Å². The molecule has 7 heteroatoms. The molecule has 0 aromatic heterocycles. The minimum absolute atomic E-state index is 0.189. The largest absolute Gasteiger partial charge is 0.379 e. The highest BCUT2D eigenvalue weighted by Crippen LogP contribution is 2.26. The second-order valence-corrected chi connectivity index (χ2v) is 8.15. The summed E-state index contributed by atoms with van der Waals surface area (Å²) in [7, 11) is 0. The van der Waals surface area contributed by atoms with Gasteiger partial charge in [0.05, 0.1) is 19.8 Å². The second-order valence-electron chi connectivity index (χ2n) is 8.15. The number of carbonyl (C=O) groups excluding carboxylic acids is 2. The van der Waals surface area contributed by atoms with Crippen LogP contribution in [0.3, 0.4) is 0 Å². The number of carbonyl (C=O) groups is 2. The van der Waals surface area contributed by atoms with Crippen LogP contribution in [0.25, 0.3) is 0 Å². The SMILES string of the molecule is O=C(CN1CCOCC1)N1CCN(C(C(=O)N2CCCC2)c2ccccc2)CC1. The van der Waals surface area contributed by atoms with E-state index in [0.29, 0.717) is 32.8 Å². The molecule has 3 heterocycles. The quantitative estimate of drug-likeness (QED) is 0.733. The van der Waals surface area contributed by atoms with E-state index in [2.05, 4.69) is 21.9 Å². The molecule has 4 rings (SSSR count). The van der Waals surface area contributed by atoms with Gasteiger partial charge in [-0.15, -0.1) is 0 Å². The first-order valence-electron chi connectivity index (χ1n) is 10.9. The molecular formula is C22H32N4O3. The Hall–Kier alpha value is -1.96.